The molecule has 2 aromatic heterocycles. The first-order chi connectivity index (χ1) is 9.83. The number of benzene rings is 1. The Bertz CT molecular complexity index is 848. The maximum atomic E-state index is 8.92. The molecular weight excluding hydrogens is 252 g/mol. The summed E-state index contributed by atoms with van der Waals surface area (Å²) < 4.78 is 1.78. The summed E-state index contributed by atoms with van der Waals surface area (Å²) in [4.78, 5) is 12.6. The van der Waals surface area contributed by atoms with Crippen molar-refractivity contribution in [3.63, 3.8) is 0 Å². The number of fused-ring (bicyclic) bond motifs is 1. The van der Waals surface area contributed by atoms with Crippen LogP contribution < -0.4 is 0 Å². The molecule has 1 aromatic carbocycles. The first-order valence-corrected chi connectivity index (χ1v) is 5.89. The second kappa shape index (κ2) is 4.79. The summed E-state index contributed by atoms with van der Waals surface area (Å²) in [6.45, 7) is 0. The highest BCUT2D eigenvalue weighted by atomic mass is 15.1. The molecule has 3 rings (SSSR count). The van der Waals surface area contributed by atoms with Crippen molar-refractivity contribution in [3.8, 4) is 18.0 Å². The van der Waals surface area contributed by atoms with Crippen molar-refractivity contribution in [2.75, 3.05) is 0 Å². The van der Waals surface area contributed by atoms with Crippen LogP contribution in [0.25, 0.3) is 16.9 Å². The highest BCUT2D eigenvalue weighted by Crippen LogP contribution is 2.20. The Labute approximate surface area is 114 Å². The van der Waals surface area contributed by atoms with E-state index in [0.29, 0.717) is 11.6 Å². The van der Waals surface area contributed by atoms with Crippen molar-refractivity contribution in [1.29, 1.82) is 10.5 Å². The Morgan fingerprint density at radius 3 is 2.65 bits per heavy atom. The molecule has 0 bridgehead atoms. The van der Waals surface area contributed by atoms with Crippen LogP contribution in [0.1, 0.15) is 11.5 Å². The fraction of sp³-hybridized carbons (Fsp3) is 0.0714. The number of imidazole rings is 1. The van der Waals surface area contributed by atoms with Gasteiger partial charge in [0.1, 0.15) is 11.9 Å². The van der Waals surface area contributed by atoms with Crippen LogP contribution in [0.4, 0.5) is 0 Å². The number of para-hydroxylation sites is 2. The average Bonchev–Trinajstić information content (AvgIpc) is 2.86. The van der Waals surface area contributed by atoms with Gasteiger partial charge in [-0.2, -0.15) is 10.5 Å². The Kier molecular flexibility index (Phi) is 2.83. The topological polar surface area (TPSA) is 91.2 Å². The smallest absolute Gasteiger partial charge is 0.158 e. The number of hydrogen-bond acceptors (Lipinski definition) is 5. The van der Waals surface area contributed by atoms with Gasteiger partial charge in [0.05, 0.1) is 35.9 Å². The third-order valence-electron chi connectivity index (χ3n) is 2.85. The molecule has 0 radical (unpaired) electrons. The van der Waals surface area contributed by atoms with Gasteiger partial charge in [-0.1, -0.05) is 12.1 Å². The molecule has 2 heterocycles. The largest absolute Gasteiger partial charge is 0.278 e. The lowest BCUT2D eigenvalue weighted by molar-refractivity contribution is 0.908. The molecule has 94 valence electrons. The Hall–Kier alpha value is -3.25. The standard InChI is InChI=1S/C14H8N6/c15-6-5-13-19-11-3-1-2-4-12(11)20(13)14-9-17-10(7-16)8-18-14/h1-4,8-9H,5H2. The van der Waals surface area contributed by atoms with Crippen LogP contribution in [-0.2, 0) is 6.42 Å². The van der Waals surface area contributed by atoms with E-state index in [1.807, 2.05) is 30.3 Å². The number of nitriles is 2. The van der Waals surface area contributed by atoms with E-state index in [1.54, 1.807) is 4.57 Å². The molecule has 0 unspecified atom stereocenters. The van der Waals surface area contributed by atoms with Crippen LogP contribution in [0.2, 0.25) is 0 Å². The van der Waals surface area contributed by atoms with Crippen LogP contribution in [-0.4, -0.2) is 19.5 Å². The summed E-state index contributed by atoms with van der Waals surface area (Å²) in [6.07, 6.45) is 3.09. The van der Waals surface area contributed by atoms with Crippen LogP contribution in [0.3, 0.4) is 0 Å². The highest BCUT2D eigenvalue weighted by molar-refractivity contribution is 5.77. The van der Waals surface area contributed by atoms with Crippen molar-refractivity contribution >= 4 is 11.0 Å². The van der Waals surface area contributed by atoms with E-state index in [0.717, 1.165) is 11.0 Å². The molecule has 0 aliphatic heterocycles. The number of hydrogen-bond donors (Lipinski definition) is 0. The zero-order valence-electron chi connectivity index (χ0n) is 10.4. The molecule has 0 fully saturated rings. The van der Waals surface area contributed by atoms with Gasteiger partial charge in [-0.3, -0.25) is 4.57 Å². The van der Waals surface area contributed by atoms with Gasteiger partial charge in [0.15, 0.2) is 11.5 Å². The molecule has 0 spiro atoms. The lowest BCUT2D eigenvalue weighted by atomic mass is 10.3. The maximum absolute atomic E-state index is 8.92. The number of aromatic nitrogens is 4. The Morgan fingerprint density at radius 2 is 1.95 bits per heavy atom. The fourth-order valence-electron chi connectivity index (χ4n) is 2.02. The van der Waals surface area contributed by atoms with E-state index in [2.05, 4.69) is 21.0 Å². The van der Waals surface area contributed by atoms with Crippen LogP contribution in [0, 0.1) is 22.7 Å². The predicted octanol–water partition coefficient (Wildman–Crippen LogP) is 1.75. The van der Waals surface area contributed by atoms with Gasteiger partial charge in [0, 0.05) is 0 Å². The Balaban J connectivity index is 2.25. The molecule has 20 heavy (non-hydrogen) atoms. The van der Waals surface area contributed by atoms with Crippen LogP contribution in [0.15, 0.2) is 36.7 Å². The lowest BCUT2D eigenvalue weighted by Gasteiger charge is -2.05. The molecule has 0 aliphatic rings. The van der Waals surface area contributed by atoms with Gasteiger partial charge in [0.25, 0.3) is 0 Å². The molecule has 6 heteroatoms. The van der Waals surface area contributed by atoms with Crippen LogP contribution in [0.5, 0.6) is 0 Å². The quantitative estimate of drug-likeness (QED) is 0.700. The molecule has 0 saturated heterocycles. The van der Waals surface area contributed by atoms with Gasteiger partial charge >= 0.3 is 0 Å². The summed E-state index contributed by atoms with van der Waals surface area (Å²) in [5, 5.41) is 17.7. The Morgan fingerprint density at radius 1 is 1.10 bits per heavy atom. The highest BCUT2D eigenvalue weighted by Gasteiger charge is 2.13. The van der Waals surface area contributed by atoms with Gasteiger partial charge in [-0.05, 0) is 12.1 Å². The summed E-state index contributed by atoms with van der Waals surface area (Å²) in [5.74, 6) is 1.15. The van der Waals surface area contributed by atoms with Crippen molar-refractivity contribution in [3.05, 3.63) is 48.2 Å². The predicted molar refractivity (Wildman–Crippen MR) is 70.7 cm³/mol. The summed E-state index contributed by atoms with van der Waals surface area (Å²) in [7, 11) is 0. The lowest BCUT2D eigenvalue weighted by Crippen LogP contribution is -2.04. The van der Waals surface area contributed by atoms with Gasteiger partial charge in [-0.25, -0.2) is 15.0 Å². The SMILES string of the molecule is N#CCc1nc2ccccc2n1-c1cnc(C#N)cn1. The summed E-state index contributed by atoms with van der Waals surface area (Å²) >= 11 is 0. The van der Waals surface area contributed by atoms with Crippen LogP contribution >= 0.6 is 0 Å². The first-order valence-electron chi connectivity index (χ1n) is 5.89. The zero-order valence-corrected chi connectivity index (χ0v) is 10.4. The molecule has 0 saturated carbocycles. The number of nitrogens with zero attached hydrogens (tertiary/aromatic N) is 6. The second-order valence-corrected chi connectivity index (χ2v) is 4.06. The second-order valence-electron chi connectivity index (χ2n) is 4.06. The van der Waals surface area contributed by atoms with E-state index < -0.39 is 0 Å². The molecule has 0 aliphatic carbocycles. The molecule has 3 aromatic rings. The van der Waals surface area contributed by atoms with E-state index in [-0.39, 0.29) is 12.1 Å². The van der Waals surface area contributed by atoms with Crippen molar-refractivity contribution < 1.29 is 0 Å². The van der Waals surface area contributed by atoms with Gasteiger partial charge in [-0.15, -0.1) is 0 Å². The first kappa shape index (κ1) is 11.8. The van der Waals surface area contributed by atoms with Crippen molar-refractivity contribution in [2.24, 2.45) is 0 Å². The van der Waals surface area contributed by atoms with E-state index >= 15 is 0 Å². The molecule has 0 amide bonds. The summed E-state index contributed by atoms with van der Waals surface area (Å²) in [5.41, 5.74) is 1.90. The third kappa shape index (κ3) is 1.86. The zero-order chi connectivity index (χ0) is 13.9. The molecular formula is C14H8N6. The van der Waals surface area contributed by atoms with Gasteiger partial charge in [0.2, 0.25) is 0 Å². The summed E-state index contributed by atoms with van der Waals surface area (Å²) in [6, 6.07) is 11.6. The molecule has 0 N–H and O–H groups in total. The average molecular weight is 260 g/mol. The minimum atomic E-state index is 0.177. The van der Waals surface area contributed by atoms with E-state index in [4.69, 9.17) is 10.5 Å². The maximum Gasteiger partial charge on any atom is 0.158 e. The minimum Gasteiger partial charge on any atom is -0.278 e. The molecule has 0 atom stereocenters. The monoisotopic (exact) mass is 260 g/mol. The normalized spacial score (nSPS) is 10.1. The van der Waals surface area contributed by atoms with Crippen molar-refractivity contribution in [1.82, 2.24) is 19.5 Å². The molecule has 6 nitrogen and oxygen atoms in total. The van der Waals surface area contributed by atoms with E-state index in [9.17, 15) is 0 Å². The van der Waals surface area contributed by atoms with E-state index in [1.165, 1.54) is 12.4 Å². The van der Waals surface area contributed by atoms with Crippen molar-refractivity contribution in [2.45, 2.75) is 6.42 Å². The number of rotatable bonds is 2. The minimum absolute atomic E-state index is 0.177. The third-order valence-corrected chi connectivity index (χ3v) is 2.85. The fourth-order valence-corrected chi connectivity index (χ4v) is 2.02. The van der Waals surface area contributed by atoms with Gasteiger partial charge < -0.3 is 0 Å².